The van der Waals surface area contributed by atoms with Crippen LogP contribution in [-0.2, 0) is 0 Å². The molecule has 0 fully saturated rings. The van der Waals surface area contributed by atoms with Crippen LogP contribution < -0.4 is 0 Å². The van der Waals surface area contributed by atoms with Crippen molar-refractivity contribution >= 4 is 27.7 Å². The van der Waals surface area contributed by atoms with E-state index in [1.807, 2.05) is 42.3 Å². The van der Waals surface area contributed by atoms with E-state index in [4.69, 9.17) is 11.1 Å². The Morgan fingerprint density at radius 3 is 0.625 bits per heavy atom. The third-order valence-corrected chi connectivity index (χ3v) is 18.8. The van der Waals surface area contributed by atoms with Gasteiger partial charge in [-0.05, 0) is 94.6 Å². The minimum Gasteiger partial charge on any atom is -0.293 e. The first-order valence-electron chi connectivity index (χ1n) is 12.6. The van der Waals surface area contributed by atoms with Gasteiger partial charge >= 0.3 is 16.6 Å². The molecule has 0 aliphatic rings. The second kappa shape index (κ2) is 17.0. The maximum absolute atomic E-state index is 6.46. The van der Waals surface area contributed by atoms with E-state index >= 15 is 0 Å². The molecule has 0 heterocycles. The summed E-state index contributed by atoms with van der Waals surface area (Å²) in [7, 11) is 8.09. The minimum absolute atomic E-state index is 1.13. The van der Waals surface area contributed by atoms with Gasteiger partial charge in [0.25, 0.3) is 0 Å². The molecule has 0 unspecified atom stereocenters. The Balaban J connectivity index is 0. The van der Waals surface area contributed by atoms with Crippen LogP contribution in [-0.4, -0.2) is 143 Å². The van der Waals surface area contributed by atoms with Crippen LogP contribution in [0.25, 0.3) is 0 Å². The van der Waals surface area contributed by atoms with Gasteiger partial charge in [0.1, 0.15) is 0 Å². The van der Waals surface area contributed by atoms with Crippen molar-refractivity contribution in [2.45, 2.75) is 55.4 Å². The number of nitrogens with zero attached hydrogens (tertiary/aromatic N) is 7. The fourth-order valence-electron chi connectivity index (χ4n) is 4.99. The van der Waals surface area contributed by atoms with E-state index in [1.54, 1.807) is 0 Å². The highest BCUT2D eigenvalue weighted by atomic mass is 35.6. The molecule has 0 rings (SSSR count). The maximum Gasteiger partial charge on any atom is 0.391 e. The quantitative estimate of drug-likeness (QED) is 0.246. The average molecular weight is 512 g/mol. The van der Waals surface area contributed by atoms with Crippen LogP contribution >= 0.6 is 11.1 Å². The van der Waals surface area contributed by atoms with Gasteiger partial charge in [-0.15, -0.1) is 11.1 Å². The van der Waals surface area contributed by atoms with Crippen molar-refractivity contribution in [3.8, 4) is 0 Å². The first-order chi connectivity index (χ1) is 14.9. The number of halogens is 1. The molecule has 0 atom stereocenters. The average Bonchev–Trinajstić information content (AvgIpc) is 2.76. The van der Waals surface area contributed by atoms with Gasteiger partial charge in [0, 0.05) is 0 Å². The summed E-state index contributed by atoms with van der Waals surface area (Å²) in [5, 5.41) is 0. The lowest BCUT2D eigenvalue weighted by atomic mass is 10.6. The molecule has 0 aromatic heterocycles. The van der Waals surface area contributed by atoms with Gasteiger partial charge in [-0.25, -0.2) is 0 Å². The Labute approximate surface area is 209 Å². The van der Waals surface area contributed by atoms with E-state index in [2.05, 4.69) is 87.3 Å². The predicted molar refractivity (Wildman–Crippen MR) is 150 cm³/mol. The third-order valence-electron chi connectivity index (χ3n) is 6.46. The van der Waals surface area contributed by atoms with E-state index in [0.29, 0.717) is 0 Å². The Hall–Kier alpha value is 0.444. The molecule has 0 amide bonds. The smallest absolute Gasteiger partial charge is 0.293 e. The Morgan fingerprint density at radius 2 is 0.562 bits per heavy atom. The van der Waals surface area contributed by atoms with Crippen molar-refractivity contribution in [3.63, 3.8) is 0 Å². The van der Waals surface area contributed by atoms with Crippen LogP contribution in [0.15, 0.2) is 0 Å². The SMILES string of the molecule is CCN(CC)[Si](N(CC)CC)(N(CC)CC)N(CC)CC.CN(C)[Si](Cl)(N(C)C)N(C)C. The molecule has 0 aromatic carbocycles. The molecule has 0 N–H and O–H groups in total. The molecular formula is C22H58ClN7Si2. The molecule has 10 heteroatoms. The molecule has 0 spiro atoms. The van der Waals surface area contributed by atoms with Gasteiger partial charge in [-0.1, -0.05) is 55.4 Å². The number of hydrogen-bond donors (Lipinski definition) is 0. The lowest BCUT2D eigenvalue weighted by Gasteiger charge is -2.57. The van der Waals surface area contributed by atoms with Crippen LogP contribution in [0.1, 0.15) is 55.4 Å². The van der Waals surface area contributed by atoms with Crippen LogP contribution in [0.2, 0.25) is 0 Å². The lowest BCUT2D eigenvalue weighted by Crippen LogP contribution is -2.83. The normalized spacial score (nSPS) is 13.3. The first kappa shape index (κ1) is 34.6. The van der Waals surface area contributed by atoms with E-state index in [0.717, 1.165) is 52.4 Å². The zero-order valence-electron chi connectivity index (χ0n) is 24.2. The van der Waals surface area contributed by atoms with Gasteiger partial charge in [-0.3, -0.25) is 32.0 Å². The van der Waals surface area contributed by atoms with Crippen molar-refractivity contribution in [1.29, 1.82) is 0 Å². The Morgan fingerprint density at radius 1 is 0.406 bits per heavy atom. The Bertz CT molecular complexity index is 378. The van der Waals surface area contributed by atoms with Crippen LogP contribution in [0.5, 0.6) is 0 Å². The summed E-state index contributed by atoms with van der Waals surface area (Å²) in [5.41, 5.74) is 0. The molecule has 0 aliphatic carbocycles. The summed E-state index contributed by atoms with van der Waals surface area (Å²) in [4.78, 5) is 0. The van der Waals surface area contributed by atoms with Crippen LogP contribution in [0.4, 0.5) is 0 Å². The first-order valence-corrected chi connectivity index (χ1v) is 17.3. The van der Waals surface area contributed by atoms with Crippen molar-refractivity contribution in [3.05, 3.63) is 0 Å². The summed E-state index contributed by atoms with van der Waals surface area (Å²) in [5.74, 6) is 0. The summed E-state index contributed by atoms with van der Waals surface area (Å²) >= 11 is 6.46. The van der Waals surface area contributed by atoms with Crippen LogP contribution in [0, 0.1) is 0 Å². The van der Waals surface area contributed by atoms with Gasteiger partial charge in [0.05, 0.1) is 0 Å². The molecule has 0 bridgehead atoms. The lowest BCUT2D eigenvalue weighted by molar-refractivity contribution is 0.186. The van der Waals surface area contributed by atoms with Gasteiger partial charge in [0.2, 0.25) is 0 Å². The van der Waals surface area contributed by atoms with Gasteiger partial charge in [0.15, 0.2) is 0 Å². The van der Waals surface area contributed by atoms with E-state index in [1.165, 1.54) is 0 Å². The molecule has 196 valence electrons. The highest BCUT2D eigenvalue weighted by Gasteiger charge is 2.53. The maximum atomic E-state index is 6.46. The summed E-state index contributed by atoms with van der Waals surface area (Å²) in [6.07, 6.45) is 0. The summed E-state index contributed by atoms with van der Waals surface area (Å²) in [6.45, 7) is 27.6. The molecule has 0 aromatic rings. The molecule has 0 radical (unpaired) electrons. The zero-order chi connectivity index (χ0) is 25.7. The topological polar surface area (TPSA) is 22.7 Å². The number of rotatable bonds is 15. The minimum atomic E-state index is -2.01. The third kappa shape index (κ3) is 7.73. The van der Waals surface area contributed by atoms with E-state index in [-0.39, 0.29) is 0 Å². The molecule has 0 aliphatic heterocycles. The molecule has 7 nitrogen and oxygen atoms in total. The van der Waals surface area contributed by atoms with Gasteiger partial charge in [-0.2, -0.15) is 0 Å². The summed E-state index contributed by atoms with van der Waals surface area (Å²) < 4.78 is 17.3. The second-order valence-electron chi connectivity index (χ2n) is 8.53. The van der Waals surface area contributed by atoms with Gasteiger partial charge < -0.3 is 0 Å². The molecular weight excluding hydrogens is 454 g/mol. The standard InChI is InChI=1S/C16H40N4Si.C6H18ClN3Si/c1-9-17(10-2)21(18(11-3)12-4,19(13-5)14-6)20(15-7)16-8;1-8(2)11(7,9(3)4)10(5)6/h9-16H2,1-8H3;1-6H3. The summed E-state index contributed by atoms with van der Waals surface area (Å²) in [6, 6.07) is 0. The zero-order valence-corrected chi connectivity index (χ0v) is 26.9. The largest absolute Gasteiger partial charge is 0.391 e. The Kier molecular flexibility index (Phi) is 18.4. The van der Waals surface area contributed by atoms with E-state index in [9.17, 15) is 0 Å². The van der Waals surface area contributed by atoms with Crippen molar-refractivity contribution in [1.82, 2.24) is 32.0 Å². The highest BCUT2D eigenvalue weighted by molar-refractivity contribution is 7.15. The monoisotopic (exact) mass is 511 g/mol. The fourth-order valence-corrected chi connectivity index (χ4v) is 13.2. The van der Waals surface area contributed by atoms with E-state index < -0.39 is 16.6 Å². The predicted octanol–water partition coefficient (Wildman–Crippen LogP) is 3.13. The fraction of sp³-hybridized carbons (Fsp3) is 1.00. The van der Waals surface area contributed by atoms with Crippen LogP contribution in [0.3, 0.4) is 0 Å². The molecule has 0 saturated carbocycles. The highest BCUT2D eigenvalue weighted by Crippen LogP contribution is 2.25. The number of hydrogen-bond acceptors (Lipinski definition) is 7. The molecule has 0 saturated heterocycles. The van der Waals surface area contributed by atoms with Crippen molar-refractivity contribution in [2.75, 3.05) is 94.6 Å². The van der Waals surface area contributed by atoms with Crippen molar-refractivity contribution < 1.29 is 0 Å². The second-order valence-corrected chi connectivity index (χ2v) is 17.6. The molecule has 32 heavy (non-hydrogen) atoms. The van der Waals surface area contributed by atoms with Crippen molar-refractivity contribution in [2.24, 2.45) is 0 Å².